The van der Waals surface area contributed by atoms with E-state index in [0.717, 1.165) is 64.9 Å². The molecule has 8 nitrogen and oxygen atoms in total. The zero-order valence-electron chi connectivity index (χ0n) is 19.6. The van der Waals surface area contributed by atoms with Gasteiger partial charge in [-0.2, -0.15) is 5.10 Å². The van der Waals surface area contributed by atoms with Gasteiger partial charge in [-0.15, -0.1) is 0 Å². The van der Waals surface area contributed by atoms with E-state index in [1.807, 2.05) is 60.8 Å². The van der Waals surface area contributed by atoms with Crippen molar-refractivity contribution in [3.05, 3.63) is 90.4 Å². The van der Waals surface area contributed by atoms with Crippen LogP contribution in [0.4, 0.5) is 5.69 Å². The molecule has 0 spiro atoms. The molecule has 0 bridgehead atoms. The molecule has 36 heavy (non-hydrogen) atoms. The van der Waals surface area contributed by atoms with Gasteiger partial charge in [0, 0.05) is 50.7 Å². The fraction of sp³-hybridized carbons (Fsp3) is 0.185. The van der Waals surface area contributed by atoms with Gasteiger partial charge in [-0.1, -0.05) is 41.7 Å². The molecular formula is C27H25N7OS. The molecular weight excluding hydrogens is 470 g/mol. The van der Waals surface area contributed by atoms with E-state index in [4.69, 9.17) is 4.98 Å². The lowest BCUT2D eigenvalue weighted by Gasteiger charge is -2.26. The highest BCUT2D eigenvalue weighted by molar-refractivity contribution is 7.21. The number of carbonyl (C=O) groups is 1. The van der Waals surface area contributed by atoms with Crippen LogP contribution in [0.3, 0.4) is 0 Å². The molecule has 9 heteroatoms. The van der Waals surface area contributed by atoms with Crippen molar-refractivity contribution in [2.45, 2.75) is 6.54 Å². The lowest BCUT2D eigenvalue weighted by atomic mass is 10.2. The first-order chi connectivity index (χ1) is 17.7. The Morgan fingerprint density at radius 3 is 2.69 bits per heavy atom. The third kappa shape index (κ3) is 4.76. The van der Waals surface area contributed by atoms with Gasteiger partial charge in [0.2, 0.25) is 0 Å². The molecule has 180 valence electrons. The van der Waals surface area contributed by atoms with Crippen LogP contribution in [0, 0.1) is 0 Å². The predicted octanol–water partition coefficient (Wildman–Crippen LogP) is 4.20. The van der Waals surface area contributed by atoms with Crippen LogP contribution in [0.25, 0.3) is 26.6 Å². The van der Waals surface area contributed by atoms with Crippen molar-refractivity contribution in [3.63, 3.8) is 0 Å². The van der Waals surface area contributed by atoms with Gasteiger partial charge < -0.3 is 10.6 Å². The lowest BCUT2D eigenvalue weighted by molar-refractivity contribution is 0.102. The number of nitrogens with one attached hydrogen (secondary N) is 2. The molecule has 1 saturated heterocycles. The zero-order valence-corrected chi connectivity index (χ0v) is 20.4. The van der Waals surface area contributed by atoms with E-state index < -0.39 is 0 Å². The average molecular weight is 496 g/mol. The highest BCUT2D eigenvalue weighted by atomic mass is 32.1. The Balaban J connectivity index is 1.23. The SMILES string of the molecule is O=C(Nc1ccccc1-c1nc2cc(CN3CCNCC3)cnc2s1)c1ccn(-c2ccccc2)n1. The van der Waals surface area contributed by atoms with Crippen LogP contribution in [0.5, 0.6) is 0 Å². The first kappa shape index (κ1) is 22.5. The monoisotopic (exact) mass is 495 g/mol. The number of pyridine rings is 1. The van der Waals surface area contributed by atoms with Crippen molar-refractivity contribution >= 4 is 33.3 Å². The molecule has 1 amide bonds. The molecule has 3 aromatic heterocycles. The summed E-state index contributed by atoms with van der Waals surface area (Å²) in [5.74, 6) is -0.269. The van der Waals surface area contributed by atoms with E-state index >= 15 is 0 Å². The van der Waals surface area contributed by atoms with Crippen LogP contribution < -0.4 is 10.6 Å². The molecule has 0 unspecified atom stereocenters. The molecule has 0 saturated carbocycles. The summed E-state index contributed by atoms with van der Waals surface area (Å²) in [7, 11) is 0. The fourth-order valence-electron chi connectivity index (χ4n) is 4.33. The molecule has 1 aliphatic rings. The van der Waals surface area contributed by atoms with Crippen molar-refractivity contribution in [3.8, 4) is 16.3 Å². The van der Waals surface area contributed by atoms with Crippen LogP contribution >= 0.6 is 11.3 Å². The number of hydrogen-bond donors (Lipinski definition) is 2. The van der Waals surface area contributed by atoms with Gasteiger partial charge in [0.05, 0.1) is 11.4 Å². The normalized spacial score (nSPS) is 14.2. The highest BCUT2D eigenvalue weighted by Crippen LogP contribution is 2.34. The van der Waals surface area contributed by atoms with Gasteiger partial charge in [0.15, 0.2) is 5.69 Å². The van der Waals surface area contributed by atoms with E-state index in [9.17, 15) is 4.79 Å². The number of para-hydroxylation sites is 2. The van der Waals surface area contributed by atoms with Gasteiger partial charge >= 0.3 is 0 Å². The largest absolute Gasteiger partial charge is 0.320 e. The Hall–Kier alpha value is -3.92. The van der Waals surface area contributed by atoms with Crippen LogP contribution in [0.2, 0.25) is 0 Å². The number of hydrogen-bond acceptors (Lipinski definition) is 7. The topological polar surface area (TPSA) is 88.0 Å². The Morgan fingerprint density at radius 1 is 1.03 bits per heavy atom. The van der Waals surface area contributed by atoms with Crippen molar-refractivity contribution in [2.24, 2.45) is 0 Å². The second-order valence-corrected chi connectivity index (χ2v) is 9.67. The minimum atomic E-state index is -0.269. The summed E-state index contributed by atoms with van der Waals surface area (Å²) in [4.78, 5) is 25.9. The van der Waals surface area contributed by atoms with Crippen LogP contribution in [0.1, 0.15) is 16.1 Å². The number of carbonyl (C=O) groups excluding carboxylic acids is 1. The predicted molar refractivity (Wildman–Crippen MR) is 143 cm³/mol. The van der Waals surface area contributed by atoms with Gasteiger partial charge in [0.1, 0.15) is 15.4 Å². The Morgan fingerprint density at radius 2 is 1.83 bits per heavy atom. The first-order valence-corrected chi connectivity index (χ1v) is 12.7. The standard InChI is InChI=1S/C27H25N7OS/c35-25(23-10-13-34(32-23)20-6-2-1-3-7-20)30-22-9-5-4-8-21(22)26-31-24-16-19(17-29-27(24)36-26)18-33-14-11-28-12-15-33/h1-10,13,16-17,28H,11-12,14-15,18H2,(H,30,35). The zero-order chi connectivity index (χ0) is 24.3. The quantitative estimate of drug-likeness (QED) is 0.367. The number of rotatable bonds is 6. The minimum Gasteiger partial charge on any atom is -0.320 e. The van der Waals surface area contributed by atoms with Gasteiger partial charge in [-0.3, -0.25) is 9.69 Å². The highest BCUT2D eigenvalue weighted by Gasteiger charge is 2.17. The van der Waals surface area contributed by atoms with Crippen molar-refractivity contribution in [1.29, 1.82) is 0 Å². The van der Waals surface area contributed by atoms with Crippen molar-refractivity contribution in [1.82, 2.24) is 30.0 Å². The van der Waals surface area contributed by atoms with Crippen molar-refractivity contribution in [2.75, 3.05) is 31.5 Å². The Bertz CT molecular complexity index is 1510. The Labute approximate surface area is 212 Å². The number of fused-ring (bicyclic) bond motifs is 1. The number of piperazine rings is 1. The van der Waals surface area contributed by atoms with Crippen molar-refractivity contribution < 1.29 is 4.79 Å². The smallest absolute Gasteiger partial charge is 0.276 e. The number of benzene rings is 2. The maximum absolute atomic E-state index is 13.0. The summed E-state index contributed by atoms with van der Waals surface area (Å²) < 4.78 is 1.69. The van der Waals surface area contributed by atoms with Gasteiger partial charge in [-0.25, -0.2) is 14.6 Å². The third-order valence-corrected chi connectivity index (χ3v) is 7.18. The van der Waals surface area contributed by atoms with E-state index in [-0.39, 0.29) is 5.91 Å². The molecule has 2 N–H and O–H groups in total. The summed E-state index contributed by atoms with van der Waals surface area (Å²) in [5.41, 5.74) is 4.84. The average Bonchev–Trinajstić information content (AvgIpc) is 3.58. The number of nitrogens with zero attached hydrogens (tertiary/aromatic N) is 5. The fourth-order valence-corrected chi connectivity index (χ4v) is 5.26. The number of amides is 1. The Kier molecular flexibility index (Phi) is 6.25. The molecule has 6 rings (SSSR count). The van der Waals surface area contributed by atoms with Gasteiger partial charge in [-0.05, 0) is 42.0 Å². The summed E-state index contributed by atoms with van der Waals surface area (Å²) in [6.45, 7) is 4.99. The maximum Gasteiger partial charge on any atom is 0.276 e. The maximum atomic E-state index is 13.0. The summed E-state index contributed by atoms with van der Waals surface area (Å²) in [6.07, 6.45) is 3.73. The number of aromatic nitrogens is 4. The summed E-state index contributed by atoms with van der Waals surface area (Å²) >= 11 is 1.53. The summed E-state index contributed by atoms with van der Waals surface area (Å²) in [5, 5.41) is 11.7. The molecule has 1 fully saturated rings. The second kappa shape index (κ2) is 9.98. The third-order valence-electron chi connectivity index (χ3n) is 6.17. The van der Waals surface area contributed by atoms with E-state index in [1.54, 1.807) is 16.9 Å². The van der Waals surface area contributed by atoms with E-state index in [2.05, 4.69) is 31.7 Å². The lowest BCUT2D eigenvalue weighted by Crippen LogP contribution is -2.42. The van der Waals surface area contributed by atoms with Crippen LogP contribution in [-0.2, 0) is 6.54 Å². The molecule has 0 atom stereocenters. The second-order valence-electron chi connectivity index (χ2n) is 8.69. The molecule has 0 aliphatic carbocycles. The first-order valence-electron chi connectivity index (χ1n) is 11.9. The van der Waals surface area contributed by atoms with E-state index in [1.165, 1.54) is 11.3 Å². The number of thiazole rings is 1. The number of anilines is 1. The van der Waals surface area contributed by atoms with Crippen LogP contribution in [-0.4, -0.2) is 56.7 Å². The minimum absolute atomic E-state index is 0.269. The van der Waals surface area contributed by atoms with Gasteiger partial charge in [0.25, 0.3) is 5.91 Å². The molecule has 1 aliphatic heterocycles. The molecule has 5 aromatic rings. The van der Waals surface area contributed by atoms with Crippen LogP contribution in [0.15, 0.2) is 79.1 Å². The summed E-state index contributed by atoms with van der Waals surface area (Å²) in [6, 6.07) is 21.3. The molecule has 2 aromatic carbocycles. The molecule has 4 heterocycles. The van der Waals surface area contributed by atoms with E-state index in [0.29, 0.717) is 11.4 Å². The molecule has 0 radical (unpaired) electrons.